The Morgan fingerprint density at radius 3 is 2.65 bits per heavy atom. The molecule has 0 radical (unpaired) electrons. The van der Waals surface area contributed by atoms with Crippen LogP contribution in [-0.2, 0) is 9.59 Å². The van der Waals surface area contributed by atoms with Gasteiger partial charge < -0.3 is 15.7 Å². The molecule has 20 heavy (non-hydrogen) atoms. The normalized spacial score (nSPS) is 11.4. The number of rotatable bonds is 7. The minimum atomic E-state index is -1.00. The second kappa shape index (κ2) is 7.07. The molecule has 1 aromatic rings. The van der Waals surface area contributed by atoms with Crippen molar-refractivity contribution in [2.75, 3.05) is 18.4 Å². The average Bonchev–Trinajstić information content (AvgIpc) is 2.42. The summed E-state index contributed by atoms with van der Waals surface area (Å²) in [4.78, 5) is 32.3. The van der Waals surface area contributed by atoms with Crippen LogP contribution in [0.3, 0.4) is 0 Å². The number of amides is 1. The standard InChI is InChI=1S/C12H15N3O5/c1-8(12(17)18)6-14-11(16)7-13-9-4-2-3-5-10(9)15(19)20/h2-5,8,13H,6-7H2,1H3,(H,14,16)(H,17,18). The molecule has 0 saturated carbocycles. The van der Waals surface area contributed by atoms with Crippen LogP contribution in [0.2, 0.25) is 0 Å². The predicted octanol–water partition coefficient (Wildman–Crippen LogP) is 0.844. The zero-order valence-corrected chi connectivity index (χ0v) is 10.8. The van der Waals surface area contributed by atoms with Crippen molar-refractivity contribution < 1.29 is 19.6 Å². The number of carboxylic acids is 1. The Balaban J connectivity index is 2.49. The van der Waals surface area contributed by atoms with Gasteiger partial charge in [-0.1, -0.05) is 19.1 Å². The number of nitro benzene ring substituents is 1. The molecule has 1 atom stereocenters. The van der Waals surface area contributed by atoms with E-state index >= 15 is 0 Å². The van der Waals surface area contributed by atoms with Gasteiger partial charge in [0.2, 0.25) is 5.91 Å². The molecule has 0 aliphatic heterocycles. The molecule has 0 spiro atoms. The lowest BCUT2D eigenvalue weighted by Gasteiger charge is -2.10. The van der Waals surface area contributed by atoms with Crippen LogP contribution in [0, 0.1) is 16.0 Å². The monoisotopic (exact) mass is 281 g/mol. The maximum absolute atomic E-state index is 11.5. The Bertz CT molecular complexity index is 518. The summed E-state index contributed by atoms with van der Waals surface area (Å²) in [6, 6.07) is 5.95. The van der Waals surface area contributed by atoms with Crippen LogP contribution in [0.25, 0.3) is 0 Å². The van der Waals surface area contributed by atoms with Crippen molar-refractivity contribution in [3.8, 4) is 0 Å². The Morgan fingerprint density at radius 2 is 2.05 bits per heavy atom. The molecule has 108 valence electrons. The van der Waals surface area contributed by atoms with Crippen LogP contribution in [0.5, 0.6) is 0 Å². The summed E-state index contributed by atoms with van der Waals surface area (Å²) in [6.45, 7) is 1.31. The molecule has 1 rings (SSSR count). The van der Waals surface area contributed by atoms with Crippen molar-refractivity contribution in [2.45, 2.75) is 6.92 Å². The third-order valence-corrected chi connectivity index (χ3v) is 2.57. The summed E-state index contributed by atoms with van der Waals surface area (Å²) in [7, 11) is 0. The number of aliphatic carboxylic acids is 1. The fourth-order valence-electron chi connectivity index (χ4n) is 1.37. The van der Waals surface area contributed by atoms with Gasteiger partial charge in [0, 0.05) is 12.6 Å². The van der Waals surface area contributed by atoms with Gasteiger partial charge >= 0.3 is 5.97 Å². The van der Waals surface area contributed by atoms with Crippen LogP contribution in [0.15, 0.2) is 24.3 Å². The number of nitrogens with one attached hydrogen (secondary N) is 2. The van der Waals surface area contributed by atoms with Crippen LogP contribution in [-0.4, -0.2) is 35.0 Å². The van der Waals surface area contributed by atoms with Gasteiger partial charge in [-0.3, -0.25) is 19.7 Å². The van der Waals surface area contributed by atoms with Gasteiger partial charge in [-0.05, 0) is 6.07 Å². The van der Waals surface area contributed by atoms with Gasteiger partial charge in [0.25, 0.3) is 5.69 Å². The summed E-state index contributed by atoms with van der Waals surface area (Å²) in [6.07, 6.45) is 0. The van der Waals surface area contributed by atoms with Gasteiger partial charge in [-0.15, -0.1) is 0 Å². The Labute approximate surface area is 114 Å². The molecule has 8 heteroatoms. The summed E-state index contributed by atoms with van der Waals surface area (Å²) in [5, 5.41) is 24.5. The Hall–Kier alpha value is -2.64. The molecule has 1 amide bonds. The minimum absolute atomic E-state index is 0.00668. The number of carbonyl (C=O) groups excluding carboxylic acids is 1. The highest BCUT2D eigenvalue weighted by Gasteiger charge is 2.14. The van der Waals surface area contributed by atoms with E-state index in [9.17, 15) is 19.7 Å². The van der Waals surface area contributed by atoms with E-state index in [2.05, 4.69) is 10.6 Å². The van der Waals surface area contributed by atoms with Crippen molar-refractivity contribution in [1.29, 1.82) is 0 Å². The molecule has 0 saturated heterocycles. The lowest BCUT2D eigenvalue weighted by Crippen LogP contribution is -2.35. The zero-order chi connectivity index (χ0) is 15.1. The lowest BCUT2D eigenvalue weighted by atomic mass is 10.2. The average molecular weight is 281 g/mol. The number of nitro groups is 1. The van der Waals surface area contributed by atoms with E-state index < -0.39 is 22.7 Å². The smallest absolute Gasteiger partial charge is 0.308 e. The Morgan fingerprint density at radius 1 is 1.40 bits per heavy atom. The highest BCUT2D eigenvalue weighted by molar-refractivity contribution is 5.82. The summed E-state index contributed by atoms with van der Waals surface area (Å²) in [5.74, 6) is -2.13. The van der Waals surface area contributed by atoms with Gasteiger partial charge in [0.05, 0.1) is 17.4 Å². The number of carboxylic acid groups (broad SMARTS) is 1. The summed E-state index contributed by atoms with van der Waals surface area (Å²) >= 11 is 0. The molecule has 3 N–H and O–H groups in total. The third kappa shape index (κ3) is 4.56. The van der Waals surface area contributed by atoms with E-state index in [1.54, 1.807) is 6.07 Å². The first kappa shape index (κ1) is 15.4. The molecule has 0 bridgehead atoms. The maximum Gasteiger partial charge on any atom is 0.308 e. The van der Waals surface area contributed by atoms with Gasteiger partial charge in [0.1, 0.15) is 5.69 Å². The highest BCUT2D eigenvalue weighted by Crippen LogP contribution is 2.22. The first-order valence-electron chi connectivity index (χ1n) is 5.88. The number of para-hydroxylation sites is 2. The van der Waals surface area contributed by atoms with Gasteiger partial charge in [-0.25, -0.2) is 0 Å². The molecule has 1 aromatic carbocycles. The maximum atomic E-state index is 11.5. The van der Waals surface area contributed by atoms with E-state index in [0.717, 1.165) is 0 Å². The van der Waals surface area contributed by atoms with Crippen molar-refractivity contribution in [3.05, 3.63) is 34.4 Å². The number of hydrogen-bond acceptors (Lipinski definition) is 5. The number of benzene rings is 1. The molecule has 8 nitrogen and oxygen atoms in total. The molecular formula is C12H15N3O5. The van der Waals surface area contributed by atoms with Gasteiger partial charge in [0.15, 0.2) is 0 Å². The van der Waals surface area contributed by atoms with Crippen LogP contribution in [0.1, 0.15) is 6.92 Å². The van der Waals surface area contributed by atoms with E-state index in [1.165, 1.54) is 25.1 Å². The highest BCUT2D eigenvalue weighted by atomic mass is 16.6. The molecule has 1 unspecified atom stereocenters. The van der Waals surface area contributed by atoms with E-state index in [0.29, 0.717) is 0 Å². The van der Waals surface area contributed by atoms with E-state index in [4.69, 9.17) is 5.11 Å². The number of carbonyl (C=O) groups is 2. The molecule has 0 aliphatic rings. The summed E-state index contributed by atoms with van der Waals surface area (Å²) < 4.78 is 0. The summed E-state index contributed by atoms with van der Waals surface area (Å²) in [5.41, 5.74) is 0.109. The Kier molecular flexibility index (Phi) is 5.45. The number of nitrogens with zero attached hydrogens (tertiary/aromatic N) is 1. The van der Waals surface area contributed by atoms with Crippen molar-refractivity contribution >= 4 is 23.3 Å². The second-order valence-electron chi connectivity index (χ2n) is 4.17. The molecule has 0 fully saturated rings. The SMILES string of the molecule is CC(CNC(=O)CNc1ccccc1[N+](=O)[O-])C(=O)O. The largest absolute Gasteiger partial charge is 0.481 e. The fourth-order valence-corrected chi connectivity index (χ4v) is 1.37. The third-order valence-electron chi connectivity index (χ3n) is 2.57. The van der Waals surface area contributed by atoms with E-state index in [1.807, 2.05) is 0 Å². The second-order valence-corrected chi connectivity index (χ2v) is 4.17. The van der Waals surface area contributed by atoms with Crippen molar-refractivity contribution in [3.63, 3.8) is 0 Å². The van der Waals surface area contributed by atoms with Crippen molar-refractivity contribution in [1.82, 2.24) is 5.32 Å². The molecular weight excluding hydrogens is 266 g/mol. The number of hydrogen-bond donors (Lipinski definition) is 3. The topological polar surface area (TPSA) is 122 Å². The molecule has 0 aromatic heterocycles. The molecule has 0 heterocycles. The zero-order valence-electron chi connectivity index (χ0n) is 10.8. The molecule has 0 aliphatic carbocycles. The lowest BCUT2D eigenvalue weighted by molar-refractivity contribution is -0.383. The quantitative estimate of drug-likeness (QED) is 0.503. The van der Waals surface area contributed by atoms with Crippen LogP contribution < -0.4 is 10.6 Å². The van der Waals surface area contributed by atoms with E-state index in [-0.39, 0.29) is 24.5 Å². The minimum Gasteiger partial charge on any atom is -0.481 e. The van der Waals surface area contributed by atoms with Crippen LogP contribution >= 0.6 is 0 Å². The van der Waals surface area contributed by atoms with Gasteiger partial charge in [-0.2, -0.15) is 0 Å². The van der Waals surface area contributed by atoms with Crippen molar-refractivity contribution in [2.24, 2.45) is 5.92 Å². The predicted molar refractivity (Wildman–Crippen MR) is 71.4 cm³/mol. The number of anilines is 1. The first-order chi connectivity index (χ1) is 9.41. The first-order valence-corrected chi connectivity index (χ1v) is 5.88. The fraction of sp³-hybridized carbons (Fsp3) is 0.333. The van der Waals surface area contributed by atoms with Crippen LogP contribution in [0.4, 0.5) is 11.4 Å².